The van der Waals surface area contributed by atoms with Gasteiger partial charge < -0.3 is 9.47 Å². The molecular formula is C13H12ClNO3. The van der Waals surface area contributed by atoms with Crippen molar-refractivity contribution in [3.63, 3.8) is 0 Å². The van der Waals surface area contributed by atoms with Crippen molar-refractivity contribution in [2.45, 2.75) is 6.92 Å². The number of Topliss-reactive ketones (excluding diaryl/α,β-unsaturated/α-hetero) is 1. The van der Waals surface area contributed by atoms with Crippen molar-refractivity contribution in [2.75, 3.05) is 14.2 Å². The van der Waals surface area contributed by atoms with Crippen molar-refractivity contribution in [3.8, 4) is 11.5 Å². The molecule has 0 radical (unpaired) electrons. The van der Waals surface area contributed by atoms with Gasteiger partial charge in [0.05, 0.1) is 19.8 Å². The summed E-state index contributed by atoms with van der Waals surface area (Å²) in [5.41, 5.74) is 0.993. The average Bonchev–Trinajstić information content (AvgIpc) is 2.36. The number of methoxy groups -OCH3 is 2. The van der Waals surface area contributed by atoms with E-state index in [-0.39, 0.29) is 10.9 Å². The van der Waals surface area contributed by atoms with E-state index in [0.717, 1.165) is 5.39 Å². The maximum Gasteiger partial charge on any atom is 0.162 e. The summed E-state index contributed by atoms with van der Waals surface area (Å²) < 4.78 is 10.4. The second kappa shape index (κ2) is 4.82. The largest absolute Gasteiger partial charge is 0.497 e. The van der Waals surface area contributed by atoms with Crippen LogP contribution < -0.4 is 9.47 Å². The van der Waals surface area contributed by atoms with Gasteiger partial charge in [0.2, 0.25) is 0 Å². The summed E-state index contributed by atoms with van der Waals surface area (Å²) in [5, 5.41) is 0.930. The highest BCUT2D eigenvalue weighted by Crippen LogP contribution is 2.32. The van der Waals surface area contributed by atoms with Gasteiger partial charge in [0.1, 0.15) is 22.2 Å². The molecule has 94 valence electrons. The van der Waals surface area contributed by atoms with E-state index in [4.69, 9.17) is 21.1 Å². The number of ether oxygens (including phenoxy) is 2. The second-order valence-corrected chi connectivity index (χ2v) is 4.14. The Kier molecular flexibility index (Phi) is 3.39. The van der Waals surface area contributed by atoms with Crippen LogP contribution in [0.15, 0.2) is 18.2 Å². The van der Waals surface area contributed by atoms with Gasteiger partial charge in [0.25, 0.3) is 0 Å². The van der Waals surface area contributed by atoms with Crippen molar-refractivity contribution < 1.29 is 14.3 Å². The molecule has 0 spiro atoms. The summed E-state index contributed by atoms with van der Waals surface area (Å²) in [6.07, 6.45) is 0. The highest BCUT2D eigenvalue weighted by Gasteiger charge is 2.13. The van der Waals surface area contributed by atoms with Gasteiger partial charge in [-0.2, -0.15) is 0 Å². The molecule has 2 aromatic rings. The number of nitrogens with zero attached hydrogens (tertiary/aromatic N) is 1. The van der Waals surface area contributed by atoms with Crippen LogP contribution in [0.3, 0.4) is 0 Å². The number of hydrogen-bond donors (Lipinski definition) is 0. The van der Waals surface area contributed by atoms with Crippen LogP contribution in [0, 0.1) is 0 Å². The summed E-state index contributed by atoms with van der Waals surface area (Å²) in [4.78, 5) is 15.6. The van der Waals surface area contributed by atoms with E-state index in [1.165, 1.54) is 6.92 Å². The van der Waals surface area contributed by atoms with E-state index >= 15 is 0 Å². The fourth-order valence-corrected chi connectivity index (χ4v) is 2.00. The molecule has 0 saturated carbocycles. The quantitative estimate of drug-likeness (QED) is 0.632. The van der Waals surface area contributed by atoms with Crippen LogP contribution in [0.5, 0.6) is 11.5 Å². The number of carbonyl (C=O) groups is 1. The number of hydrogen-bond acceptors (Lipinski definition) is 4. The Morgan fingerprint density at radius 3 is 2.50 bits per heavy atom. The molecular weight excluding hydrogens is 254 g/mol. The topological polar surface area (TPSA) is 48.4 Å². The molecule has 1 aromatic carbocycles. The highest BCUT2D eigenvalue weighted by atomic mass is 35.5. The standard InChI is InChI=1S/C13H12ClNO3/c1-7(16)10-5-8-4-9(17-2)6-11(18-3)12(8)15-13(10)14/h4-6H,1-3H3. The number of pyridine rings is 1. The number of ketones is 1. The lowest BCUT2D eigenvalue weighted by molar-refractivity contribution is 0.101. The molecule has 0 saturated heterocycles. The number of aromatic nitrogens is 1. The third-order valence-corrected chi connectivity index (χ3v) is 2.93. The first-order valence-electron chi connectivity index (χ1n) is 5.30. The third kappa shape index (κ3) is 2.11. The number of benzene rings is 1. The lowest BCUT2D eigenvalue weighted by Gasteiger charge is -2.09. The molecule has 0 aliphatic heterocycles. The van der Waals surface area contributed by atoms with Crippen LogP contribution in [-0.2, 0) is 0 Å². The van der Waals surface area contributed by atoms with Crippen LogP contribution in [0.2, 0.25) is 5.15 Å². The Balaban J connectivity index is 2.79. The Hall–Kier alpha value is -1.81. The van der Waals surface area contributed by atoms with Crippen molar-refractivity contribution in [2.24, 2.45) is 0 Å². The van der Waals surface area contributed by atoms with Gasteiger partial charge in [0, 0.05) is 11.5 Å². The van der Waals surface area contributed by atoms with Gasteiger partial charge >= 0.3 is 0 Å². The Labute approximate surface area is 109 Å². The smallest absolute Gasteiger partial charge is 0.162 e. The van der Waals surface area contributed by atoms with E-state index in [0.29, 0.717) is 22.6 Å². The lowest BCUT2D eigenvalue weighted by Crippen LogP contribution is -1.98. The molecule has 1 aromatic heterocycles. The van der Waals surface area contributed by atoms with Gasteiger partial charge in [-0.15, -0.1) is 0 Å². The molecule has 0 amide bonds. The van der Waals surface area contributed by atoms with Gasteiger partial charge in [-0.05, 0) is 19.1 Å². The number of carbonyl (C=O) groups excluding carboxylic acids is 1. The molecule has 0 unspecified atom stereocenters. The molecule has 5 heteroatoms. The molecule has 4 nitrogen and oxygen atoms in total. The van der Waals surface area contributed by atoms with E-state index in [1.54, 1.807) is 32.4 Å². The second-order valence-electron chi connectivity index (χ2n) is 3.78. The van der Waals surface area contributed by atoms with E-state index in [9.17, 15) is 4.79 Å². The van der Waals surface area contributed by atoms with Crippen LogP contribution in [0.4, 0.5) is 0 Å². The minimum Gasteiger partial charge on any atom is -0.497 e. The zero-order valence-corrected chi connectivity index (χ0v) is 11.0. The summed E-state index contributed by atoms with van der Waals surface area (Å²) in [5.74, 6) is 1.07. The van der Waals surface area contributed by atoms with E-state index in [2.05, 4.69) is 4.98 Å². The highest BCUT2D eigenvalue weighted by molar-refractivity contribution is 6.33. The normalized spacial score (nSPS) is 10.4. The van der Waals surface area contributed by atoms with Gasteiger partial charge in [-0.3, -0.25) is 4.79 Å². The maximum atomic E-state index is 11.4. The predicted octanol–water partition coefficient (Wildman–Crippen LogP) is 3.11. The zero-order valence-electron chi connectivity index (χ0n) is 10.3. The number of rotatable bonds is 3. The third-order valence-electron chi connectivity index (χ3n) is 2.64. The van der Waals surface area contributed by atoms with Crippen LogP contribution in [0.25, 0.3) is 10.9 Å². The number of fused-ring (bicyclic) bond motifs is 1. The van der Waals surface area contributed by atoms with Gasteiger partial charge in [-0.1, -0.05) is 11.6 Å². The van der Waals surface area contributed by atoms with Crippen molar-refractivity contribution >= 4 is 28.3 Å². The molecule has 0 bridgehead atoms. The van der Waals surface area contributed by atoms with Crippen LogP contribution in [0.1, 0.15) is 17.3 Å². The van der Waals surface area contributed by atoms with Crippen molar-refractivity contribution in [3.05, 3.63) is 28.9 Å². The molecule has 1 heterocycles. The van der Waals surface area contributed by atoms with Gasteiger partial charge in [-0.25, -0.2) is 4.98 Å². The predicted molar refractivity (Wildman–Crippen MR) is 69.9 cm³/mol. The molecule has 0 aliphatic carbocycles. The lowest BCUT2D eigenvalue weighted by atomic mass is 10.1. The maximum absolute atomic E-state index is 11.4. The molecule has 0 atom stereocenters. The Morgan fingerprint density at radius 1 is 1.22 bits per heavy atom. The molecule has 18 heavy (non-hydrogen) atoms. The summed E-state index contributed by atoms with van der Waals surface area (Å²) >= 11 is 5.98. The van der Waals surface area contributed by atoms with E-state index < -0.39 is 0 Å². The monoisotopic (exact) mass is 265 g/mol. The van der Waals surface area contributed by atoms with Gasteiger partial charge in [0.15, 0.2) is 5.78 Å². The molecule has 0 fully saturated rings. The van der Waals surface area contributed by atoms with Crippen molar-refractivity contribution in [1.29, 1.82) is 0 Å². The van der Waals surface area contributed by atoms with E-state index in [1.807, 2.05) is 0 Å². The summed E-state index contributed by atoms with van der Waals surface area (Å²) in [7, 11) is 3.11. The molecule has 0 N–H and O–H groups in total. The fourth-order valence-electron chi connectivity index (χ4n) is 1.73. The number of halogens is 1. The Morgan fingerprint density at radius 2 is 1.94 bits per heavy atom. The zero-order chi connectivity index (χ0) is 13.3. The van der Waals surface area contributed by atoms with Crippen molar-refractivity contribution in [1.82, 2.24) is 4.98 Å². The Bertz CT molecular complexity index is 625. The van der Waals surface area contributed by atoms with Crippen LogP contribution >= 0.6 is 11.6 Å². The first kappa shape index (κ1) is 12.6. The summed E-state index contributed by atoms with van der Waals surface area (Å²) in [6, 6.07) is 5.20. The minimum absolute atomic E-state index is 0.129. The fraction of sp³-hybridized carbons (Fsp3) is 0.231. The minimum atomic E-state index is -0.129. The van der Waals surface area contributed by atoms with Crippen LogP contribution in [-0.4, -0.2) is 25.0 Å². The SMILES string of the molecule is COc1cc(OC)c2nc(Cl)c(C(C)=O)cc2c1. The summed E-state index contributed by atoms with van der Waals surface area (Å²) in [6.45, 7) is 1.45. The average molecular weight is 266 g/mol. The molecule has 2 rings (SSSR count). The molecule has 0 aliphatic rings. The first-order valence-corrected chi connectivity index (χ1v) is 5.68. The first-order chi connectivity index (χ1) is 8.56.